The van der Waals surface area contributed by atoms with Crippen LogP contribution in [0.15, 0.2) is 34.2 Å². The molecule has 25 heavy (non-hydrogen) atoms. The summed E-state index contributed by atoms with van der Waals surface area (Å²) >= 11 is 1.40. The number of aromatic nitrogens is 2. The van der Waals surface area contributed by atoms with Crippen molar-refractivity contribution < 1.29 is 4.79 Å². The van der Waals surface area contributed by atoms with Gasteiger partial charge in [-0.2, -0.15) is 0 Å². The summed E-state index contributed by atoms with van der Waals surface area (Å²) in [4.78, 5) is 29.9. The first-order valence-corrected chi connectivity index (χ1v) is 9.79. The van der Waals surface area contributed by atoms with E-state index in [1.165, 1.54) is 16.3 Å². The molecule has 1 aliphatic rings. The Balaban J connectivity index is 1.86. The predicted octanol–water partition coefficient (Wildman–Crippen LogP) is 3.22. The Morgan fingerprint density at radius 2 is 2.08 bits per heavy atom. The second kappa shape index (κ2) is 7.44. The molecule has 1 aliphatic carbocycles. The molecule has 0 bridgehead atoms. The number of nitrogens with zero attached hydrogens (tertiary/aromatic N) is 2. The van der Waals surface area contributed by atoms with Gasteiger partial charge in [0.25, 0.3) is 5.56 Å². The van der Waals surface area contributed by atoms with Crippen molar-refractivity contribution in [1.82, 2.24) is 9.55 Å². The monoisotopic (exact) mass is 357 g/mol. The Kier molecular flexibility index (Phi) is 5.27. The van der Waals surface area contributed by atoms with Gasteiger partial charge in [0.2, 0.25) is 5.91 Å². The van der Waals surface area contributed by atoms with Crippen molar-refractivity contribution >= 4 is 23.4 Å². The Bertz CT molecular complexity index is 858. The molecular weight excluding hydrogens is 334 g/mol. The molecule has 0 radical (unpaired) electrons. The molecule has 5 nitrogen and oxygen atoms in total. The largest absolute Gasteiger partial charge is 0.324 e. The molecule has 2 aromatic rings. The summed E-state index contributed by atoms with van der Waals surface area (Å²) in [6, 6.07) is 7.77. The number of benzene rings is 1. The molecule has 1 N–H and O–H groups in total. The Hall–Kier alpha value is -2.08. The van der Waals surface area contributed by atoms with Crippen molar-refractivity contribution in [2.45, 2.75) is 50.7 Å². The highest BCUT2D eigenvalue weighted by molar-refractivity contribution is 7.98. The fourth-order valence-corrected chi connectivity index (χ4v) is 3.82. The van der Waals surface area contributed by atoms with Gasteiger partial charge in [-0.25, -0.2) is 4.98 Å². The third-order valence-corrected chi connectivity index (χ3v) is 5.17. The number of anilines is 1. The number of aryl methyl sites for hydroxylation is 1. The zero-order chi connectivity index (χ0) is 18.0. The highest BCUT2D eigenvalue weighted by Crippen LogP contribution is 2.24. The molecule has 0 saturated carbocycles. The minimum Gasteiger partial charge on any atom is -0.324 e. The third-order valence-electron chi connectivity index (χ3n) is 4.49. The van der Waals surface area contributed by atoms with E-state index in [-0.39, 0.29) is 18.0 Å². The Morgan fingerprint density at radius 1 is 1.32 bits per heavy atom. The number of nitrogens with one attached hydrogen (secondary N) is 1. The van der Waals surface area contributed by atoms with Crippen molar-refractivity contribution in [2.24, 2.45) is 0 Å². The van der Waals surface area contributed by atoms with Crippen LogP contribution in [-0.4, -0.2) is 21.7 Å². The highest BCUT2D eigenvalue weighted by atomic mass is 32.2. The van der Waals surface area contributed by atoms with E-state index in [1.54, 1.807) is 0 Å². The van der Waals surface area contributed by atoms with E-state index >= 15 is 0 Å². The molecule has 0 atom stereocenters. The summed E-state index contributed by atoms with van der Waals surface area (Å²) < 4.78 is 1.50. The number of carbonyl (C=O) groups is 1. The van der Waals surface area contributed by atoms with Crippen LogP contribution in [-0.2, 0) is 24.2 Å². The van der Waals surface area contributed by atoms with Gasteiger partial charge in [0.05, 0.1) is 5.69 Å². The summed E-state index contributed by atoms with van der Waals surface area (Å²) in [5.41, 5.74) is 3.49. The number of amides is 1. The van der Waals surface area contributed by atoms with Crippen molar-refractivity contribution in [1.29, 1.82) is 0 Å². The van der Waals surface area contributed by atoms with Crippen molar-refractivity contribution in [2.75, 3.05) is 11.6 Å². The number of hydrogen-bond acceptors (Lipinski definition) is 4. The molecule has 1 heterocycles. The van der Waals surface area contributed by atoms with Crippen LogP contribution in [0.2, 0.25) is 0 Å². The normalized spacial score (nSPS) is 13.1. The van der Waals surface area contributed by atoms with E-state index in [9.17, 15) is 9.59 Å². The van der Waals surface area contributed by atoms with Gasteiger partial charge in [0, 0.05) is 11.3 Å². The molecule has 1 aromatic carbocycles. The van der Waals surface area contributed by atoms with E-state index in [0.29, 0.717) is 11.1 Å². The van der Waals surface area contributed by atoms with Gasteiger partial charge in [-0.05, 0) is 43.1 Å². The molecule has 3 rings (SSSR count). The zero-order valence-corrected chi connectivity index (χ0v) is 15.7. The van der Waals surface area contributed by atoms with Crippen LogP contribution >= 0.6 is 11.8 Å². The van der Waals surface area contributed by atoms with E-state index in [2.05, 4.69) is 24.1 Å². The number of fused-ring (bicyclic) bond motifs is 1. The SMILES string of the molecule is CSc1nc2c(c(=O)n1CC(=O)Nc1ccccc1C(C)C)CCC2. The summed E-state index contributed by atoms with van der Waals surface area (Å²) in [6.45, 7) is 4.17. The number of hydrogen-bond donors (Lipinski definition) is 1. The second-order valence-corrected chi connectivity index (χ2v) is 7.33. The first-order valence-electron chi connectivity index (χ1n) is 8.56. The van der Waals surface area contributed by atoms with Crippen molar-refractivity contribution in [3.8, 4) is 0 Å². The lowest BCUT2D eigenvalue weighted by Gasteiger charge is -2.15. The van der Waals surface area contributed by atoms with Gasteiger partial charge in [0.1, 0.15) is 6.54 Å². The van der Waals surface area contributed by atoms with Crippen LogP contribution in [0.3, 0.4) is 0 Å². The average molecular weight is 357 g/mol. The number of thioether (sulfide) groups is 1. The summed E-state index contributed by atoms with van der Waals surface area (Å²) in [5.74, 6) is 0.105. The van der Waals surface area contributed by atoms with Gasteiger partial charge in [-0.1, -0.05) is 43.8 Å². The minimum atomic E-state index is -0.203. The lowest BCUT2D eigenvalue weighted by molar-refractivity contribution is -0.116. The quantitative estimate of drug-likeness (QED) is 0.659. The van der Waals surface area contributed by atoms with Gasteiger partial charge in [-0.3, -0.25) is 14.2 Å². The van der Waals surface area contributed by atoms with E-state index < -0.39 is 0 Å². The lowest BCUT2D eigenvalue weighted by atomic mass is 10.0. The number of para-hydroxylation sites is 1. The molecule has 0 spiro atoms. The van der Waals surface area contributed by atoms with Crippen LogP contribution in [0.25, 0.3) is 0 Å². The van der Waals surface area contributed by atoms with Crippen LogP contribution in [0.4, 0.5) is 5.69 Å². The molecule has 0 unspecified atom stereocenters. The van der Waals surface area contributed by atoms with Crippen LogP contribution in [0, 0.1) is 0 Å². The van der Waals surface area contributed by atoms with Crippen LogP contribution in [0.5, 0.6) is 0 Å². The molecule has 1 amide bonds. The predicted molar refractivity (Wildman–Crippen MR) is 101 cm³/mol. The molecule has 0 saturated heterocycles. The topological polar surface area (TPSA) is 64.0 Å². The molecule has 132 valence electrons. The molecule has 0 aliphatic heterocycles. The maximum atomic E-state index is 12.7. The fourth-order valence-electron chi connectivity index (χ4n) is 3.25. The smallest absolute Gasteiger partial charge is 0.258 e. The first kappa shape index (κ1) is 17.7. The standard InChI is InChI=1S/C19H23N3O2S/c1-12(2)13-7-4-5-9-15(13)20-17(23)11-22-18(24)14-8-6-10-16(14)21-19(22)25-3/h4-5,7,9,12H,6,8,10-11H2,1-3H3,(H,20,23). The van der Waals surface area contributed by atoms with Crippen LogP contribution < -0.4 is 10.9 Å². The van der Waals surface area contributed by atoms with Crippen LogP contribution in [0.1, 0.15) is 43.0 Å². The van der Waals surface area contributed by atoms with Gasteiger partial charge in [-0.15, -0.1) is 0 Å². The highest BCUT2D eigenvalue weighted by Gasteiger charge is 2.21. The maximum Gasteiger partial charge on any atom is 0.258 e. The van der Waals surface area contributed by atoms with E-state index in [0.717, 1.165) is 41.8 Å². The Labute approximate surface area is 151 Å². The molecule has 6 heteroatoms. The van der Waals surface area contributed by atoms with Gasteiger partial charge < -0.3 is 5.32 Å². The lowest BCUT2D eigenvalue weighted by Crippen LogP contribution is -2.32. The fraction of sp³-hybridized carbons (Fsp3) is 0.421. The van der Waals surface area contributed by atoms with Gasteiger partial charge in [0.15, 0.2) is 5.16 Å². The summed E-state index contributed by atoms with van der Waals surface area (Å²) in [7, 11) is 0. The maximum absolute atomic E-state index is 12.7. The molecule has 0 fully saturated rings. The number of carbonyl (C=O) groups excluding carboxylic acids is 1. The van der Waals surface area contributed by atoms with E-state index in [4.69, 9.17) is 0 Å². The second-order valence-electron chi connectivity index (χ2n) is 6.56. The third kappa shape index (κ3) is 3.63. The van der Waals surface area contributed by atoms with Crippen molar-refractivity contribution in [3.63, 3.8) is 0 Å². The molecular formula is C19H23N3O2S. The van der Waals surface area contributed by atoms with Gasteiger partial charge >= 0.3 is 0 Å². The zero-order valence-electron chi connectivity index (χ0n) is 14.8. The summed E-state index contributed by atoms with van der Waals surface area (Å²) in [6.07, 6.45) is 4.45. The average Bonchev–Trinajstić information content (AvgIpc) is 3.06. The molecule has 1 aromatic heterocycles. The Morgan fingerprint density at radius 3 is 2.80 bits per heavy atom. The minimum absolute atomic E-state index is 0.0122. The first-order chi connectivity index (χ1) is 12.0. The van der Waals surface area contributed by atoms with Crippen molar-refractivity contribution in [3.05, 3.63) is 51.4 Å². The summed E-state index contributed by atoms with van der Waals surface area (Å²) in [5, 5.41) is 3.56. The number of rotatable bonds is 5. The van der Waals surface area contributed by atoms with E-state index in [1.807, 2.05) is 30.5 Å².